The summed E-state index contributed by atoms with van der Waals surface area (Å²) >= 11 is 0. The monoisotopic (exact) mass is 288 g/mol. The first kappa shape index (κ1) is 14.8. The van der Waals surface area contributed by atoms with Gasteiger partial charge in [-0.05, 0) is 44.1 Å². The molecule has 0 bridgehead atoms. The smallest absolute Gasteiger partial charge is 0.225 e. The Hall–Kier alpha value is -1.16. The normalized spacial score (nSPS) is 30.9. The molecule has 0 radical (unpaired) electrons. The highest BCUT2D eigenvalue weighted by Crippen LogP contribution is 2.24. The number of hydrogen-bond donors (Lipinski definition) is 1. The molecule has 1 saturated heterocycles. The van der Waals surface area contributed by atoms with Gasteiger partial charge in [0.15, 0.2) is 0 Å². The maximum absolute atomic E-state index is 4.40. The van der Waals surface area contributed by atoms with Crippen LogP contribution in [0, 0.1) is 5.92 Å². The molecule has 3 rings (SSSR count). The summed E-state index contributed by atoms with van der Waals surface area (Å²) in [5, 5.41) is 3.92. The minimum Gasteiger partial charge on any atom is -0.339 e. The topological polar surface area (TPSA) is 41.0 Å². The molecule has 116 valence electrons. The van der Waals surface area contributed by atoms with Crippen molar-refractivity contribution in [2.24, 2.45) is 5.92 Å². The molecular weight excluding hydrogens is 260 g/mol. The van der Waals surface area contributed by atoms with Crippen LogP contribution in [0.5, 0.6) is 0 Å². The first-order valence-electron chi connectivity index (χ1n) is 8.59. The van der Waals surface area contributed by atoms with Crippen LogP contribution >= 0.6 is 0 Å². The Morgan fingerprint density at radius 3 is 2.67 bits per heavy atom. The third-order valence-corrected chi connectivity index (χ3v) is 4.99. The van der Waals surface area contributed by atoms with E-state index in [1.54, 1.807) is 0 Å². The Labute approximate surface area is 128 Å². The van der Waals surface area contributed by atoms with Gasteiger partial charge in [0.2, 0.25) is 5.95 Å². The second-order valence-electron chi connectivity index (χ2n) is 6.81. The van der Waals surface area contributed by atoms with E-state index in [4.69, 9.17) is 0 Å². The molecule has 3 atom stereocenters. The molecule has 4 heteroatoms. The van der Waals surface area contributed by atoms with Gasteiger partial charge in [0, 0.05) is 37.6 Å². The summed E-state index contributed by atoms with van der Waals surface area (Å²) in [7, 11) is 0. The van der Waals surface area contributed by atoms with Crippen molar-refractivity contribution in [2.75, 3.05) is 18.0 Å². The zero-order chi connectivity index (χ0) is 14.5. The van der Waals surface area contributed by atoms with Gasteiger partial charge in [0.1, 0.15) is 0 Å². The van der Waals surface area contributed by atoms with Crippen LogP contribution in [-0.2, 0) is 0 Å². The van der Waals surface area contributed by atoms with Crippen molar-refractivity contribution in [1.29, 1.82) is 0 Å². The van der Waals surface area contributed by atoms with Gasteiger partial charge in [0.05, 0.1) is 0 Å². The quantitative estimate of drug-likeness (QED) is 0.868. The van der Waals surface area contributed by atoms with E-state index in [0.717, 1.165) is 31.0 Å². The number of hydrogen-bond acceptors (Lipinski definition) is 4. The van der Waals surface area contributed by atoms with Crippen LogP contribution in [0.2, 0.25) is 0 Å². The molecule has 2 aliphatic rings. The lowest BCUT2D eigenvalue weighted by Crippen LogP contribution is -2.49. The van der Waals surface area contributed by atoms with Crippen LogP contribution in [0.3, 0.4) is 0 Å². The molecule has 3 unspecified atom stereocenters. The number of piperidine rings is 1. The standard InChI is InChI=1S/C17H28N4/c1-14-5-2-6-15(9-8-14)20-16-7-3-12-21(13-16)17-18-10-4-11-19-17/h4,10-11,14-16,20H,2-3,5-9,12-13H2,1H3. The Bertz CT molecular complexity index is 422. The predicted octanol–water partition coefficient (Wildman–Crippen LogP) is 3.00. The fourth-order valence-electron chi connectivity index (χ4n) is 3.74. The summed E-state index contributed by atoms with van der Waals surface area (Å²) in [5.41, 5.74) is 0. The van der Waals surface area contributed by atoms with Gasteiger partial charge in [-0.15, -0.1) is 0 Å². The number of rotatable bonds is 3. The first-order chi connectivity index (χ1) is 10.3. The molecule has 4 nitrogen and oxygen atoms in total. The van der Waals surface area contributed by atoms with Gasteiger partial charge in [-0.2, -0.15) is 0 Å². The fraction of sp³-hybridized carbons (Fsp3) is 0.765. The summed E-state index contributed by atoms with van der Waals surface area (Å²) in [6.07, 6.45) is 13.1. The number of nitrogens with one attached hydrogen (secondary N) is 1. The number of aromatic nitrogens is 2. The molecule has 1 aliphatic heterocycles. The third kappa shape index (κ3) is 4.16. The van der Waals surface area contributed by atoms with E-state index in [9.17, 15) is 0 Å². The van der Waals surface area contributed by atoms with Crippen molar-refractivity contribution in [2.45, 2.75) is 64.0 Å². The fourth-order valence-corrected chi connectivity index (χ4v) is 3.74. The molecule has 1 aromatic heterocycles. The summed E-state index contributed by atoms with van der Waals surface area (Å²) < 4.78 is 0. The van der Waals surface area contributed by atoms with Gasteiger partial charge in [-0.25, -0.2) is 9.97 Å². The highest BCUT2D eigenvalue weighted by atomic mass is 15.3. The Morgan fingerprint density at radius 1 is 1.00 bits per heavy atom. The van der Waals surface area contributed by atoms with Crippen molar-refractivity contribution in [3.8, 4) is 0 Å². The van der Waals surface area contributed by atoms with Crippen molar-refractivity contribution in [3.63, 3.8) is 0 Å². The SMILES string of the molecule is CC1CCCC(NC2CCCN(c3ncccn3)C2)CC1. The molecule has 1 saturated carbocycles. The van der Waals surface area contributed by atoms with Crippen LogP contribution in [0.15, 0.2) is 18.5 Å². The van der Waals surface area contributed by atoms with Crippen LogP contribution < -0.4 is 10.2 Å². The van der Waals surface area contributed by atoms with Gasteiger partial charge in [0.25, 0.3) is 0 Å². The molecule has 2 heterocycles. The minimum absolute atomic E-state index is 0.598. The van der Waals surface area contributed by atoms with Gasteiger partial charge >= 0.3 is 0 Å². The summed E-state index contributed by atoms with van der Waals surface area (Å²) in [4.78, 5) is 11.1. The van der Waals surface area contributed by atoms with E-state index in [1.807, 2.05) is 18.5 Å². The van der Waals surface area contributed by atoms with Crippen molar-refractivity contribution in [1.82, 2.24) is 15.3 Å². The van der Waals surface area contributed by atoms with Gasteiger partial charge in [-0.1, -0.05) is 19.8 Å². The third-order valence-electron chi connectivity index (χ3n) is 4.99. The molecule has 1 aliphatic carbocycles. The molecule has 0 amide bonds. The number of nitrogens with zero attached hydrogens (tertiary/aromatic N) is 3. The molecule has 2 fully saturated rings. The highest BCUT2D eigenvalue weighted by molar-refractivity contribution is 5.29. The van der Waals surface area contributed by atoms with E-state index in [1.165, 1.54) is 44.9 Å². The maximum atomic E-state index is 4.40. The Balaban J connectivity index is 1.54. The van der Waals surface area contributed by atoms with Crippen LogP contribution in [0.25, 0.3) is 0 Å². The summed E-state index contributed by atoms with van der Waals surface area (Å²) in [5.74, 6) is 1.80. The summed E-state index contributed by atoms with van der Waals surface area (Å²) in [6, 6.07) is 3.20. The zero-order valence-electron chi connectivity index (χ0n) is 13.2. The van der Waals surface area contributed by atoms with E-state index in [-0.39, 0.29) is 0 Å². The lowest BCUT2D eigenvalue weighted by Gasteiger charge is -2.35. The lowest BCUT2D eigenvalue weighted by atomic mass is 10.0. The van der Waals surface area contributed by atoms with Crippen LogP contribution in [0.1, 0.15) is 51.9 Å². The van der Waals surface area contributed by atoms with Crippen LogP contribution in [0.4, 0.5) is 5.95 Å². The second-order valence-corrected chi connectivity index (χ2v) is 6.81. The second kappa shape index (κ2) is 7.21. The molecular formula is C17H28N4. The minimum atomic E-state index is 0.598. The largest absolute Gasteiger partial charge is 0.339 e. The molecule has 0 spiro atoms. The highest BCUT2D eigenvalue weighted by Gasteiger charge is 2.24. The lowest BCUT2D eigenvalue weighted by molar-refractivity contribution is 0.347. The number of anilines is 1. The average molecular weight is 288 g/mol. The van der Waals surface area contributed by atoms with Gasteiger partial charge in [-0.3, -0.25) is 0 Å². The Kier molecular flexibility index (Phi) is 5.07. The molecule has 0 aromatic carbocycles. The first-order valence-corrected chi connectivity index (χ1v) is 8.59. The van der Waals surface area contributed by atoms with Crippen molar-refractivity contribution < 1.29 is 0 Å². The molecule has 1 N–H and O–H groups in total. The summed E-state index contributed by atoms with van der Waals surface area (Å²) in [6.45, 7) is 4.54. The van der Waals surface area contributed by atoms with E-state index >= 15 is 0 Å². The molecule has 1 aromatic rings. The van der Waals surface area contributed by atoms with E-state index < -0.39 is 0 Å². The van der Waals surface area contributed by atoms with E-state index in [2.05, 4.69) is 27.1 Å². The molecule has 21 heavy (non-hydrogen) atoms. The zero-order valence-corrected chi connectivity index (χ0v) is 13.2. The van der Waals surface area contributed by atoms with Crippen LogP contribution in [-0.4, -0.2) is 35.1 Å². The van der Waals surface area contributed by atoms with E-state index in [0.29, 0.717) is 6.04 Å². The van der Waals surface area contributed by atoms with Crippen molar-refractivity contribution >= 4 is 5.95 Å². The van der Waals surface area contributed by atoms with Gasteiger partial charge < -0.3 is 10.2 Å². The predicted molar refractivity (Wildman–Crippen MR) is 86.4 cm³/mol. The Morgan fingerprint density at radius 2 is 1.81 bits per heavy atom. The van der Waals surface area contributed by atoms with Crippen molar-refractivity contribution in [3.05, 3.63) is 18.5 Å². The maximum Gasteiger partial charge on any atom is 0.225 e. The average Bonchev–Trinajstić information content (AvgIpc) is 2.73.